The molecule has 2 aromatic carbocycles. The molecule has 1 aliphatic rings. The fraction of sp³-hybridized carbons (Fsp3) is 0.368. The van der Waals surface area contributed by atoms with E-state index < -0.39 is 0 Å². The number of phenolic OH excluding ortho intramolecular Hbond substituents is 1. The zero-order chi connectivity index (χ0) is 16.7. The normalized spacial score (nSPS) is 14.9. The first kappa shape index (κ1) is 18.1. The molecule has 1 aliphatic carbocycles. The van der Waals surface area contributed by atoms with Crippen LogP contribution in [0.4, 0.5) is 0 Å². The van der Waals surface area contributed by atoms with Crippen LogP contribution in [0.3, 0.4) is 0 Å². The van der Waals surface area contributed by atoms with E-state index in [-0.39, 0.29) is 5.75 Å². The molecule has 3 rings (SSSR count). The van der Waals surface area contributed by atoms with Crippen molar-refractivity contribution in [1.29, 1.82) is 0 Å². The smallest absolute Gasteiger partial charge is 0.152 e. The first-order valence-electron chi connectivity index (χ1n) is 8.03. The van der Waals surface area contributed by atoms with Gasteiger partial charge in [0.1, 0.15) is 0 Å². The molecular weight excluding hydrogens is 329 g/mol. The molecule has 0 unspecified atom stereocenters. The second kappa shape index (κ2) is 9.17. The van der Waals surface area contributed by atoms with Crippen LogP contribution in [-0.2, 0) is 6.54 Å². The summed E-state index contributed by atoms with van der Waals surface area (Å²) in [5.41, 5.74) is 7.71. The van der Waals surface area contributed by atoms with E-state index in [1.54, 1.807) is 0 Å². The SMILES string of the molecule is NCc1ccccc1.Oc1c(Cl)cc(C2CCCCC2)cc1Cl. The average Bonchev–Trinajstić information content (AvgIpc) is 2.61. The number of phenols is 1. The predicted molar refractivity (Wildman–Crippen MR) is 98.3 cm³/mol. The minimum absolute atomic E-state index is 0.00195. The van der Waals surface area contributed by atoms with Crippen molar-refractivity contribution in [3.8, 4) is 5.75 Å². The highest BCUT2D eigenvalue weighted by molar-refractivity contribution is 6.37. The van der Waals surface area contributed by atoms with Crippen LogP contribution in [0.25, 0.3) is 0 Å². The molecule has 0 spiro atoms. The van der Waals surface area contributed by atoms with E-state index in [9.17, 15) is 5.11 Å². The number of nitrogens with two attached hydrogens (primary N) is 1. The third-order valence-corrected chi connectivity index (χ3v) is 4.77. The molecule has 23 heavy (non-hydrogen) atoms. The predicted octanol–water partition coefficient (Wildman–Crippen LogP) is 5.89. The Labute approximate surface area is 148 Å². The second-order valence-corrected chi connectivity index (χ2v) is 6.67. The average molecular weight is 352 g/mol. The lowest BCUT2D eigenvalue weighted by Gasteiger charge is -2.22. The molecule has 0 radical (unpaired) electrons. The van der Waals surface area contributed by atoms with Crippen molar-refractivity contribution in [3.05, 3.63) is 63.6 Å². The number of halogens is 2. The summed E-state index contributed by atoms with van der Waals surface area (Å²) in [6, 6.07) is 13.7. The summed E-state index contributed by atoms with van der Waals surface area (Å²) in [7, 11) is 0. The third kappa shape index (κ3) is 5.42. The number of benzene rings is 2. The fourth-order valence-electron chi connectivity index (χ4n) is 2.87. The lowest BCUT2D eigenvalue weighted by molar-refractivity contribution is 0.442. The highest BCUT2D eigenvalue weighted by atomic mass is 35.5. The van der Waals surface area contributed by atoms with Gasteiger partial charge < -0.3 is 10.8 Å². The molecule has 0 atom stereocenters. The molecular formula is C19H23Cl2NO. The lowest BCUT2D eigenvalue weighted by atomic mass is 9.84. The topological polar surface area (TPSA) is 46.2 Å². The van der Waals surface area contributed by atoms with Crippen LogP contribution >= 0.6 is 23.2 Å². The molecule has 0 aromatic heterocycles. The maximum atomic E-state index is 9.47. The molecule has 1 fully saturated rings. The zero-order valence-electron chi connectivity index (χ0n) is 13.1. The molecule has 1 saturated carbocycles. The van der Waals surface area contributed by atoms with E-state index >= 15 is 0 Å². The minimum Gasteiger partial charge on any atom is -0.505 e. The molecule has 0 bridgehead atoms. The van der Waals surface area contributed by atoms with Gasteiger partial charge in [0.2, 0.25) is 0 Å². The summed E-state index contributed by atoms with van der Waals surface area (Å²) in [5.74, 6) is 0.562. The van der Waals surface area contributed by atoms with E-state index in [4.69, 9.17) is 28.9 Å². The molecule has 124 valence electrons. The molecule has 0 amide bonds. The Morgan fingerprint density at radius 1 is 0.957 bits per heavy atom. The first-order chi connectivity index (χ1) is 11.1. The maximum absolute atomic E-state index is 9.47. The van der Waals surface area contributed by atoms with Gasteiger partial charge in [-0.3, -0.25) is 0 Å². The van der Waals surface area contributed by atoms with Gasteiger partial charge in [-0.25, -0.2) is 0 Å². The van der Waals surface area contributed by atoms with Gasteiger partial charge in [-0.05, 0) is 42.0 Å². The lowest BCUT2D eigenvalue weighted by Crippen LogP contribution is -2.04. The number of hydrogen-bond acceptors (Lipinski definition) is 2. The van der Waals surface area contributed by atoms with E-state index in [0.717, 1.165) is 0 Å². The van der Waals surface area contributed by atoms with Crippen molar-refractivity contribution in [2.45, 2.75) is 44.6 Å². The molecule has 3 N–H and O–H groups in total. The Balaban J connectivity index is 0.000000203. The Bertz CT molecular complexity index is 587. The summed E-state index contributed by atoms with van der Waals surface area (Å²) in [4.78, 5) is 0. The van der Waals surface area contributed by atoms with Crippen LogP contribution in [0, 0.1) is 0 Å². The van der Waals surface area contributed by atoms with Crippen LogP contribution < -0.4 is 5.73 Å². The molecule has 0 saturated heterocycles. The van der Waals surface area contributed by atoms with Gasteiger partial charge >= 0.3 is 0 Å². The van der Waals surface area contributed by atoms with Crippen LogP contribution in [-0.4, -0.2) is 5.11 Å². The van der Waals surface area contributed by atoms with E-state index in [1.807, 2.05) is 42.5 Å². The summed E-state index contributed by atoms with van der Waals surface area (Å²) >= 11 is 11.8. The van der Waals surface area contributed by atoms with Crippen molar-refractivity contribution in [2.75, 3.05) is 0 Å². The quantitative estimate of drug-likeness (QED) is 0.708. The molecule has 0 heterocycles. The van der Waals surface area contributed by atoms with Crippen LogP contribution in [0.2, 0.25) is 10.0 Å². The van der Waals surface area contributed by atoms with Crippen molar-refractivity contribution in [2.24, 2.45) is 5.73 Å². The van der Waals surface area contributed by atoms with Crippen molar-refractivity contribution in [3.63, 3.8) is 0 Å². The Morgan fingerprint density at radius 3 is 2.00 bits per heavy atom. The number of aromatic hydroxyl groups is 1. The van der Waals surface area contributed by atoms with Gasteiger partial charge in [-0.1, -0.05) is 72.8 Å². The minimum atomic E-state index is -0.00195. The summed E-state index contributed by atoms with van der Waals surface area (Å²) in [6.45, 7) is 0.640. The van der Waals surface area contributed by atoms with E-state index in [1.165, 1.54) is 43.2 Å². The van der Waals surface area contributed by atoms with Crippen molar-refractivity contribution in [1.82, 2.24) is 0 Å². The highest BCUT2D eigenvalue weighted by Crippen LogP contribution is 2.39. The van der Waals surface area contributed by atoms with E-state index in [2.05, 4.69) is 0 Å². The molecule has 2 aromatic rings. The standard InChI is InChI=1S/C12H14Cl2O.C7H9N/c13-10-6-9(7-11(14)12(10)15)8-4-2-1-3-5-8;8-6-7-4-2-1-3-5-7/h6-8,15H,1-5H2;1-5H,6,8H2. The zero-order valence-corrected chi connectivity index (χ0v) is 14.7. The Kier molecular flexibility index (Phi) is 7.22. The largest absolute Gasteiger partial charge is 0.505 e. The monoisotopic (exact) mass is 351 g/mol. The van der Waals surface area contributed by atoms with Gasteiger partial charge in [-0.2, -0.15) is 0 Å². The van der Waals surface area contributed by atoms with Gasteiger partial charge in [0, 0.05) is 6.54 Å². The van der Waals surface area contributed by atoms with Gasteiger partial charge in [0.15, 0.2) is 5.75 Å². The van der Waals surface area contributed by atoms with Crippen LogP contribution in [0.5, 0.6) is 5.75 Å². The van der Waals surface area contributed by atoms with Gasteiger partial charge in [-0.15, -0.1) is 0 Å². The first-order valence-corrected chi connectivity index (χ1v) is 8.79. The van der Waals surface area contributed by atoms with Crippen LogP contribution in [0.1, 0.15) is 49.1 Å². The highest BCUT2D eigenvalue weighted by Gasteiger charge is 2.17. The third-order valence-electron chi connectivity index (χ3n) is 4.19. The van der Waals surface area contributed by atoms with Gasteiger partial charge in [0.25, 0.3) is 0 Å². The van der Waals surface area contributed by atoms with E-state index in [0.29, 0.717) is 22.5 Å². The molecule has 4 heteroatoms. The molecule has 2 nitrogen and oxygen atoms in total. The van der Waals surface area contributed by atoms with Crippen molar-refractivity contribution >= 4 is 23.2 Å². The maximum Gasteiger partial charge on any atom is 0.152 e. The Hall–Kier alpha value is -1.22. The van der Waals surface area contributed by atoms with Crippen LogP contribution in [0.15, 0.2) is 42.5 Å². The number of rotatable bonds is 2. The molecule has 0 aliphatic heterocycles. The second-order valence-electron chi connectivity index (χ2n) is 5.86. The van der Waals surface area contributed by atoms with Crippen molar-refractivity contribution < 1.29 is 5.11 Å². The summed E-state index contributed by atoms with van der Waals surface area (Å²) in [6.07, 6.45) is 6.30. The summed E-state index contributed by atoms with van der Waals surface area (Å²) in [5, 5.41) is 10.2. The summed E-state index contributed by atoms with van der Waals surface area (Å²) < 4.78 is 0. The fourth-order valence-corrected chi connectivity index (χ4v) is 3.37. The van der Waals surface area contributed by atoms with Gasteiger partial charge in [0.05, 0.1) is 10.0 Å². The Morgan fingerprint density at radius 2 is 1.52 bits per heavy atom. The number of hydrogen-bond donors (Lipinski definition) is 2.